The highest BCUT2D eigenvalue weighted by Gasteiger charge is 2.37. The first-order valence-electron chi connectivity index (χ1n) is 8.97. The van der Waals surface area contributed by atoms with Crippen molar-refractivity contribution in [3.63, 3.8) is 0 Å². The fraction of sp³-hybridized carbons (Fsp3) is 0.286. The second-order valence-corrected chi connectivity index (χ2v) is 6.68. The van der Waals surface area contributed by atoms with E-state index >= 15 is 0 Å². The molecule has 140 valence electrons. The van der Waals surface area contributed by atoms with Crippen molar-refractivity contribution in [3.05, 3.63) is 65.7 Å². The van der Waals surface area contributed by atoms with Crippen LogP contribution in [0.1, 0.15) is 35.3 Å². The highest BCUT2D eigenvalue weighted by Crippen LogP contribution is 2.29. The molecule has 0 bridgehead atoms. The van der Waals surface area contributed by atoms with E-state index < -0.39 is 0 Å². The van der Waals surface area contributed by atoms with Crippen LogP contribution in [0.2, 0.25) is 0 Å². The Kier molecular flexibility index (Phi) is 5.54. The van der Waals surface area contributed by atoms with Gasteiger partial charge in [-0.1, -0.05) is 30.3 Å². The predicted octanol–water partition coefficient (Wildman–Crippen LogP) is 2.59. The van der Waals surface area contributed by atoms with Crippen molar-refractivity contribution in [1.82, 2.24) is 10.2 Å². The molecule has 1 aliphatic rings. The van der Waals surface area contributed by atoms with Crippen LogP contribution < -0.4 is 10.6 Å². The lowest BCUT2D eigenvalue weighted by atomic mass is 10.1. The molecule has 2 aromatic carbocycles. The van der Waals surface area contributed by atoms with Crippen LogP contribution in [-0.4, -0.2) is 36.2 Å². The standard InChI is InChI=1S/C21H23N3O3/c1-14(15-6-4-3-5-7-15)24-13-17(12-19(24)25)21(27)23-18-10-8-16(9-11-18)20(26)22-2/h3-11,14,17H,12-13H2,1-2H3,(H,22,26)(H,23,27)/t14-,17+/m0/s1. The van der Waals surface area contributed by atoms with Crippen molar-refractivity contribution in [3.8, 4) is 0 Å². The minimum Gasteiger partial charge on any atom is -0.355 e. The van der Waals surface area contributed by atoms with Crippen LogP contribution in [0.3, 0.4) is 0 Å². The molecule has 0 spiro atoms. The van der Waals surface area contributed by atoms with Gasteiger partial charge in [0.2, 0.25) is 11.8 Å². The monoisotopic (exact) mass is 365 g/mol. The van der Waals surface area contributed by atoms with Crippen molar-refractivity contribution in [2.75, 3.05) is 18.9 Å². The third-order valence-corrected chi connectivity index (χ3v) is 4.92. The minimum atomic E-state index is -0.387. The summed E-state index contributed by atoms with van der Waals surface area (Å²) in [6.45, 7) is 2.38. The normalized spacial score (nSPS) is 17.5. The van der Waals surface area contributed by atoms with E-state index in [4.69, 9.17) is 0 Å². The van der Waals surface area contributed by atoms with Gasteiger partial charge in [0.05, 0.1) is 12.0 Å². The molecule has 1 saturated heterocycles. The molecule has 1 heterocycles. The van der Waals surface area contributed by atoms with Gasteiger partial charge in [-0.15, -0.1) is 0 Å². The van der Waals surface area contributed by atoms with Crippen LogP contribution in [-0.2, 0) is 9.59 Å². The number of rotatable bonds is 5. The van der Waals surface area contributed by atoms with Gasteiger partial charge in [0.15, 0.2) is 0 Å². The Balaban J connectivity index is 1.63. The van der Waals surface area contributed by atoms with Crippen LogP contribution in [0.4, 0.5) is 5.69 Å². The molecule has 2 N–H and O–H groups in total. The van der Waals surface area contributed by atoms with Gasteiger partial charge in [0.25, 0.3) is 5.91 Å². The first-order chi connectivity index (χ1) is 13.0. The number of likely N-dealkylation sites (tertiary alicyclic amines) is 1. The summed E-state index contributed by atoms with van der Waals surface area (Å²) >= 11 is 0. The zero-order valence-corrected chi connectivity index (χ0v) is 15.4. The molecule has 0 saturated carbocycles. The molecule has 6 heteroatoms. The number of nitrogens with one attached hydrogen (secondary N) is 2. The largest absolute Gasteiger partial charge is 0.355 e. The zero-order valence-electron chi connectivity index (χ0n) is 15.4. The van der Waals surface area contributed by atoms with E-state index in [1.54, 1.807) is 36.2 Å². The van der Waals surface area contributed by atoms with Crippen molar-refractivity contribution < 1.29 is 14.4 Å². The Morgan fingerprint density at radius 3 is 2.37 bits per heavy atom. The Morgan fingerprint density at radius 1 is 1.07 bits per heavy atom. The number of nitrogens with zero attached hydrogens (tertiary/aromatic N) is 1. The zero-order chi connectivity index (χ0) is 19.4. The Morgan fingerprint density at radius 2 is 1.74 bits per heavy atom. The maximum atomic E-state index is 12.6. The fourth-order valence-corrected chi connectivity index (χ4v) is 3.29. The van der Waals surface area contributed by atoms with E-state index in [-0.39, 0.29) is 36.1 Å². The third kappa shape index (κ3) is 4.16. The Labute approximate surface area is 158 Å². The summed E-state index contributed by atoms with van der Waals surface area (Å²) in [5, 5.41) is 5.39. The summed E-state index contributed by atoms with van der Waals surface area (Å²) in [6, 6.07) is 16.4. The first-order valence-corrected chi connectivity index (χ1v) is 8.97. The average Bonchev–Trinajstić information content (AvgIpc) is 3.10. The van der Waals surface area contributed by atoms with Gasteiger partial charge < -0.3 is 15.5 Å². The van der Waals surface area contributed by atoms with Gasteiger partial charge in [-0.3, -0.25) is 14.4 Å². The van der Waals surface area contributed by atoms with E-state index in [1.165, 1.54) is 0 Å². The number of carbonyl (C=O) groups excluding carboxylic acids is 3. The van der Waals surface area contributed by atoms with Gasteiger partial charge >= 0.3 is 0 Å². The van der Waals surface area contributed by atoms with Gasteiger partial charge in [0, 0.05) is 31.3 Å². The highest BCUT2D eigenvalue weighted by molar-refractivity contribution is 5.98. The summed E-state index contributed by atoms with van der Waals surface area (Å²) in [6.07, 6.45) is 0.208. The summed E-state index contributed by atoms with van der Waals surface area (Å²) < 4.78 is 0. The SMILES string of the molecule is CNC(=O)c1ccc(NC(=O)[C@@H]2CC(=O)N([C@@H](C)c3ccccc3)C2)cc1. The molecular weight excluding hydrogens is 342 g/mol. The smallest absolute Gasteiger partial charge is 0.251 e. The molecule has 2 atom stereocenters. The van der Waals surface area contributed by atoms with Gasteiger partial charge in [0.1, 0.15) is 0 Å². The van der Waals surface area contributed by atoms with E-state index in [0.29, 0.717) is 17.8 Å². The number of hydrogen-bond donors (Lipinski definition) is 2. The van der Waals surface area contributed by atoms with Crippen molar-refractivity contribution in [2.45, 2.75) is 19.4 Å². The Bertz CT molecular complexity index is 834. The van der Waals surface area contributed by atoms with Crippen LogP contribution in [0.25, 0.3) is 0 Å². The van der Waals surface area contributed by atoms with Crippen molar-refractivity contribution in [2.24, 2.45) is 5.92 Å². The summed E-state index contributed by atoms with van der Waals surface area (Å²) in [4.78, 5) is 38.3. The molecule has 3 amide bonds. The molecule has 0 unspecified atom stereocenters. The molecule has 1 aliphatic heterocycles. The molecule has 0 radical (unpaired) electrons. The number of amides is 3. The molecule has 2 aromatic rings. The predicted molar refractivity (Wildman–Crippen MR) is 103 cm³/mol. The van der Waals surface area contributed by atoms with Crippen LogP contribution >= 0.6 is 0 Å². The molecule has 3 rings (SSSR count). The van der Waals surface area contributed by atoms with Gasteiger partial charge in [-0.25, -0.2) is 0 Å². The highest BCUT2D eigenvalue weighted by atomic mass is 16.2. The molecular formula is C21H23N3O3. The molecule has 27 heavy (non-hydrogen) atoms. The van der Waals surface area contributed by atoms with Gasteiger partial charge in [-0.2, -0.15) is 0 Å². The van der Waals surface area contributed by atoms with E-state index in [9.17, 15) is 14.4 Å². The topological polar surface area (TPSA) is 78.5 Å². The minimum absolute atomic E-state index is 0.0125. The van der Waals surface area contributed by atoms with Crippen molar-refractivity contribution in [1.29, 1.82) is 0 Å². The number of anilines is 1. The van der Waals surface area contributed by atoms with E-state index in [2.05, 4.69) is 10.6 Å². The third-order valence-electron chi connectivity index (χ3n) is 4.92. The molecule has 0 aromatic heterocycles. The number of hydrogen-bond acceptors (Lipinski definition) is 3. The maximum absolute atomic E-state index is 12.6. The molecule has 1 fully saturated rings. The second kappa shape index (κ2) is 8.03. The lowest BCUT2D eigenvalue weighted by Crippen LogP contribution is -2.30. The first kappa shape index (κ1) is 18.6. The van der Waals surface area contributed by atoms with Crippen LogP contribution in [0, 0.1) is 5.92 Å². The second-order valence-electron chi connectivity index (χ2n) is 6.68. The van der Waals surface area contributed by atoms with Crippen LogP contribution in [0.15, 0.2) is 54.6 Å². The summed E-state index contributed by atoms with van der Waals surface area (Å²) in [5.74, 6) is -0.762. The maximum Gasteiger partial charge on any atom is 0.251 e. The average molecular weight is 365 g/mol. The van der Waals surface area contributed by atoms with E-state index in [0.717, 1.165) is 5.56 Å². The summed E-state index contributed by atoms with van der Waals surface area (Å²) in [7, 11) is 1.57. The van der Waals surface area contributed by atoms with Gasteiger partial charge in [-0.05, 0) is 36.8 Å². The van der Waals surface area contributed by atoms with Crippen LogP contribution in [0.5, 0.6) is 0 Å². The Hall–Kier alpha value is -3.15. The lowest BCUT2D eigenvalue weighted by molar-refractivity contribution is -0.129. The fourth-order valence-electron chi connectivity index (χ4n) is 3.29. The number of carbonyl (C=O) groups is 3. The lowest BCUT2D eigenvalue weighted by Gasteiger charge is -2.25. The molecule has 0 aliphatic carbocycles. The summed E-state index contributed by atoms with van der Waals surface area (Å²) in [5.41, 5.74) is 2.18. The molecule has 6 nitrogen and oxygen atoms in total. The number of benzene rings is 2. The quantitative estimate of drug-likeness (QED) is 0.855. The van der Waals surface area contributed by atoms with E-state index in [1.807, 2.05) is 37.3 Å². The van der Waals surface area contributed by atoms with Crippen molar-refractivity contribution >= 4 is 23.4 Å².